The SMILES string of the molecule is COc1ccc(OC)c2sc(N(Cc3cccnc3)C(=O)/C=C/c3cccc([N+](=O)[O-])c3)nc12. The van der Waals surface area contributed by atoms with Crippen LogP contribution in [0.15, 0.2) is 67.0 Å². The number of methoxy groups -OCH3 is 2. The summed E-state index contributed by atoms with van der Waals surface area (Å²) in [5, 5.41) is 11.5. The summed E-state index contributed by atoms with van der Waals surface area (Å²) in [6.07, 6.45) is 6.25. The van der Waals surface area contributed by atoms with E-state index >= 15 is 0 Å². The third kappa shape index (κ3) is 4.86. The lowest BCUT2D eigenvalue weighted by Gasteiger charge is -2.18. The number of thiazole rings is 1. The number of nitro benzene ring substituents is 1. The predicted octanol–water partition coefficient (Wildman–Crippen LogP) is 4.86. The molecule has 0 saturated carbocycles. The molecule has 2 aromatic heterocycles. The zero-order valence-corrected chi connectivity index (χ0v) is 19.2. The maximum atomic E-state index is 13.3. The zero-order valence-electron chi connectivity index (χ0n) is 18.4. The Labute approximate surface area is 199 Å². The maximum Gasteiger partial charge on any atom is 0.270 e. The summed E-state index contributed by atoms with van der Waals surface area (Å²) < 4.78 is 11.7. The fraction of sp³-hybridized carbons (Fsp3) is 0.125. The van der Waals surface area contributed by atoms with Gasteiger partial charge in [-0.1, -0.05) is 29.5 Å². The summed E-state index contributed by atoms with van der Waals surface area (Å²) in [5.74, 6) is 0.854. The number of aromatic nitrogens is 2. The fourth-order valence-electron chi connectivity index (χ4n) is 3.30. The highest BCUT2D eigenvalue weighted by Crippen LogP contribution is 2.40. The average Bonchev–Trinajstić information content (AvgIpc) is 3.31. The quantitative estimate of drug-likeness (QED) is 0.203. The summed E-state index contributed by atoms with van der Waals surface area (Å²) >= 11 is 1.31. The first kappa shape index (κ1) is 22.9. The van der Waals surface area contributed by atoms with Gasteiger partial charge in [0.1, 0.15) is 21.7 Å². The zero-order chi connectivity index (χ0) is 24.1. The van der Waals surface area contributed by atoms with Crippen molar-refractivity contribution >= 4 is 44.4 Å². The molecule has 4 rings (SSSR count). The molecule has 2 aromatic carbocycles. The number of nitrogens with zero attached hydrogens (tertiary/aromatic N) is 4. The summed E-state index contributed by atoms with van der Waals surface area (Å²) in [7, 11) is 3.13. The Morgan fingerprint density at radius 3 is 2.65 bits per heavy atom. The van der Waals surface area contributed by atoms with E-state index in [1.165, 1.54) is 34.4 Å². The molecular formula is C24H20N4O5S. The highest BCUT2D eigenvalue weighted by molar-refractivity contribution is 7.22. The van der Waals surface area contributed by atoms with Crippen LogP contribution < -0.4 is 14.4 Å². The molecule has 0 saturated heterocycles. The number of anilines is 1. The molecule has 34 heavy (non-hydrogen) atoms. The number of rotatable bonds is 8. The number of hydrogen-bond donors (Lipinski definition) is 0. The van der Waals surface area contributed by atoms with E-state index in [0.717, 1.165) is 10.3 Å². The number of ether oxygens (including phenoxy) is 2. The minimum absolute atomic E-state index is 0.0489. The van der Waals surface area contributed by atoms with Crippen LogP contribution >= 0.6 is 11.3 Å². The van der Waals surface area contributed by atoms with E-state index in [1.807, 2.05) is 6.07 Å². The normalized spacial score (nSPS) is 11.0. The van der Waals surface area contributed by atoms with Gasteiger partial charge in [-0.05, 0) is 35.4 Å². The standard InChI is InChI=1S/C24H20N4O5S/c1-32-19-9-10-20(33-2)23-22(19)26-24(34-23)27(15-17-6-4-12-25-14-17)21(29)11-8-16-5-3-7-18(13-16)28(30)31/h3-14H,15H2,1-2H3/b11-8+. The van der Waals surface area contributed by atoms with E-state index in [0.29, 0.717) is 27.7 Å². The summed E-state index contributed by atoms with van der Waals surface area (Å²) in [6, 6.07) is 13.3. The molecule has 0 aliphatic heterocycles. The van der Waals surface area contributed by atoms with Crippen LogP contribution in [0.1, 0.15) is 11.1 Å². The number of nitro groups is 1. The first-order valence-electron chi connectivity index (χ1n) is 10.1. The lowest BCUT2D eigenvalue weighted by molar-refractivity contribution is -0.384. The van der Waals surface area contributed by atoms with Crippen LogP contribution in [0, 0.1) is 10.1 Å². The minimum atomic E-state index is -0.476. The number of fused-ring (bicyclic) bond motifs is 1. The van der Waals surface area contributed by atoms with Crippen molar-refractivity contribution in [1.29, 1.82) is 0 Å². The molecular weight excluding hydrogens is 456 g/mol. The van der Waals surface area contributed by atoms with Crippen molar-refractivity contribution in [3.8, 4) is 11.5 Å². The van der Waals surface area contributed by atoms with Gasteiger partial charge in [0.2, 0.25) is 0 Å². The second kappa shape index (κ2) is 10.1. The van der Waals surface area contributed by atoms with E-state index in [4.69, 9.17) is 9.47 Å². The van der Waals surface area contributed by atoms with Crippen molar-refractivity contribution in [1.82, 2.24) is 9.97 Å². The summed E-state index contributed by atoms with van der Waals surface area (Å²) in [6.45, 7) is 0.233. The molecule has 9 nitrogen and oxygen atoms in total. The van der Waals surface area contributed by atoms with Crippen LogP contribution in [-0.4, -0.2) is 35.0 Å². The molecule has 0 fully saturated rings. The van der Waals surface area contributed by atoms with Gasteiger partial charge in [0, 0.05) is 30.6 Å². The van der Waals surface area contributed by atoms with Gasteiger partial charge in [0.25, 0.3) is 11.6 Å². The summed E-state index contributed by atoms with van der Waals surface area (Å²) in [4.78, 5) is 34.2. The molecule has 1 amide bonds. The molecule has 0 bridgehead atoms. The second-order valence-corrected chi connectivity index (χ2v) is 8.09. The molecule has 0 aliphatic rings. The van der Waals surface area contributed by atoms with Gasteiger partial charge in [0.15, 0.2) is 5.13 Å². The first-order valence-corrected chi connectivity index (χ1v) is 11.0. The average molecular weight is 477 g/mol. The van der Waals surface area contributed by atoms with E-state index in [1.54, 1.807) is 63.0 Å². The van der Waals surface area contributed by atoms with Crippen LogP contribution in [0.5, 0.6) is 11.5 Å². The van der Waals surface area contributed by atoms with Gasteiger partial charge >= 0.3 is 0 Å². The van der Waals surface area contributed by atoms with Gasteiger partial charge in [-0.2, -0.15) is 0 Å². The Morgan fingerprint density at radius 2 is 1.94 bits per heavy atom. The van der Waals surface area contributed by atoms with E-state index in [2.05, 4.69) is 9.97 Å². The Balaban J connectivity index is 1.73. The number of non-ortho nitro benzene ring substituents is 1. The number of hydrogen-bond acceptors (Lipinski definition) is 8. The van der Waals surface area contributed by atoms with Crippen LogP contribution in [0.4, 0.5) is 10.8 Å². The van der Waals surface area contributed by atoms with Crippen molar-refractivity contribution in [3.63, 3.8) is 0 Å². The van der Waals surface area contributed by atoms with Gasteiger partial charge in [-0.15, -0.1) is 0 Å². The lowest BCUT2D eigenvalue weighted by Crippen LogP contribution is -2.28. The Bertz CT molecular complexity index is 1330. The molecule has 0 unspecified atom stereocenters. The first-order chi connectivity index (χ1) is 16.5. The second-order valence-electron chi connectivity index (χ2n) is 7.12. The number of carbonyl (C=O) groups is 1. The topological polar surface area (TPSA) is 108 Å². The van der Waals surface area contributed by atoms with Gasteiger partial charge in [-0.3, -0.25) is 24.8 Å². The van der Waals surface area contributed by atoms with Crippen molar-refractivity contribution in [2.24, 2.45) is 0 Å². The Hall–Kier alpha value is -4.31. The molecule has 0 N–H and O–H groups in total. The monoisotopic (exact) mass is 476 g/mol. The molecule has 0 aliphatic carbocycles. The van der Waals surface area contributed by atoms with E-state index < -0.39 is 4.92 Å². The Kier molecular flexibility index (Phi) is 6.79. The van der Waals surface area contributed by atoms with E-state index in [9.17, 15) is 14.9 Å². The molecule has 10 heteroatoms. The van der Waals surface area contributed by atoms with Crippen molar-refractivity contribution in [3.05, 3.63) is 88.2 Å². The number of carbonyl (C=O) groups excluding carboxylic acids is 1. The van der Waals surface area contributed by atoms with E-state index in [-0.39, 0.29) is 18.1 Å². The number of benzene rings is 2. The molecule has 4 aromatic rings. The third-order valence-corrected chi connectivity index (χ3v) is 6.05. The van der Waals surface area contributed by atoms with Crippen LogP contribution in [0.25, 0.3) is 16.3 Å². The molecule has 0 radical (unpaired) electrons. The van der Waals surface area contributed by atoms with Gasteiger partial charge in [0.05, 0.1) is 25.7 Å². The number of amides is 1. The van der Waals surface area contributed by atoms with Crippen LogP contribution in [0.3, 0.4) is 0 Å². The molecule has 0 spiro atoms. The predicted molar refractivity (Wildman–Crippen MR) is 130 cm³/mol. The maximum absolute atomic E-state index is 13.3. The van der Waals surface area contributed by atoms with Crippen molar-refractivity contribution < 1.29 is 19.2 Å². The number of pyridine rings is 1. The minimum Gasteiger partial charge on any atom is -0.495 e. The van der Waals surface area contributed by atoms with Gasteiger partial charge in [-0.25, -0.2) is 4.98 Å². The largest absolute Gasteiger partial charge is 0.495 e. The fourth-order valence-corrected chi connectivity index (χ4v) is 4.38. The van der Waals surface area contributed by atoms with Crippen molar-refractivity contribution in [2.75, 3.05) is 19.1 Å². The molecule has 172 valence electrons. The molecule has 0 atom stereocenters. The van der Waals surface area contributed by atoms with Crippen LogP contribution in [0.2, 0.25) is 0 Å². The van der Waals surface area contributed by atoms with Crippen LogP contribution in [-0.2, 0) is 11.3 Å². The van der Waals surface area contributed by atoms with Crippen molar-refractivity contribution in [2.45, 2.75) is 6.54 Å². The molecule has 2 heterocycles. The smallest absolute Gasteiger partial charge is 0.270 e. The lowest BCUT2D eigenvalue weighted by atomic mass is 10.2. The van der Waals surface area contributed by atoms with Gasteiger partial charge < -0.3 is 9.47 Å². The third-order valence-electron chi connectivity index (χ3n) is 4.96. The Morgan fingerprint density at radius 1 is 1.15 bits per heavy atom. The summed E-state index contributed by atoms with van der Waals surface area (Å²) in [5.41, 5.74) is 1.90. The highest BCUT2D eigenvalue weighted by atomic mass is 32.1. The highest BCUT2D eigenvalue weighted by Gasteiger charge is 2.22.